The number of carboxylic acids is 1. The first-order valence-corrected chi connectivity index (χ1v) is 7.97. The van der Waals surface area contributed by atoms with E-state index < -0.39 is 24.5 Å². The summed E-state index contributed by atoms with van der Waals surface area (Å²) in [4.78, 5) is 28.9. The Morgan fingerprint density at radius 2 is 2.04 bits per heavy atom. The van der Waals surface area contributed by atoms with Gasteiger partial charge in [0, 0.05) is 16.3 Å². The van der Waals surface area contributed by atoms with E-state index in [-0.39, 0.29) is 5.71 Å². The number of para-hydroxylation sites is 1. The molecule has 3 rings (SSSR count). The van der Waals surface area contributed by atoms with E-state index in [2.05, 4.69) is 10.3 Å². The van der Waals surface area contributed by atoms with Crippen molar-refractivity contribution >= 4 is 34.9 Å². The standard InChI is InChI=1S/C17H16ClN3O4/c1-9-15-13(11(18)8-21(15)10-5-3-2-4-6-10)16(24)14(20-9)17(25)19-7-12(22)23/h2-6,16,24H,7-8H2,1H3,(H,19,25)(H,22,23). The smallest absolute Gasteiger partial charge is 0.322 e. The van der Waals surface area contributed by atoms with Crippen molar-refractivity contribution in [2.45, 2.75) is 13.0 Å². The minimum atomic E-state index is -1.31. The van der Waals surface area contributed by atoms with Crippen LogP contribution >= 0.6 is 11.6 Å². The molecule has 1 amide bonds. The Hall–Kier alpha value is -2.64. The molecule has 0 spiro atoms. The normalized spacial score (nSPS) is 19.7. The number of aliphatic hydroxyl groups excluding tert-OH is 1. The minimum Gasteiger partial charge on any atom is -0.480 e. The van der Waals surface area contributed by atoms with Crippen molar-refractivity contribution in [1.82, 2.24) is 5.32 Å². The van der Waals surface area contributed by atoms with Crippen molar-refractivity contribution in [3.05, 3.63) is 52.3 Å². The van der Waals surface area contributed by atoms with Crippen LogP contribution in [-0.2, 0) is 9.59 Å². The third-order valence-corrected chi connectivity index (χ3v) is 4.30. The second-order valence-electron chi connectivity index (χ2n) is 5.65. The lowest BCUT2D eigenvalue weighted by Crippen LogP contribution is -2.43. The highest BCUT2D eigenvalue weighted by atomic mass is 35.5. The minimum absolute atomic E-state index is 0.162. The molecular weight excluding hydrogens is 346 g/mol. The molecule has 0 fully saturated rings. The molecule has 1 aromatic rings. The molecule has 0 radical (unpaired) electrons. The number of anilines is 1. The van der Waals surface area contributed by atoms with Gasteiger partial charge in [0.25, 0.3) is 5.91 Å². The maximum absolute atomic E-state index is 12.1. The number of nitrogens with one attached hydrogen (secondary N) is 1. The van der Waals surface area contributed by atoms with Crippen molar-refractivity contribution in [2.24, 2.45) is 4.99 Å². The van der Waals surface area contributed by atoms with Gasteiger partial charge in [-0.3, -0.25) is 9.59 Å². The second kappa shape index (κ2) is 6.70. The highest BCUT2D eigenvalue weighted by Crippen LogP contribution is 2.40. The van der Waals surface area contributed by atoms with Gasteiger partial charge in [0.15, 0.2) is 0 Å². The third kappa shape index (κ3) is 3.16. The van der Waals surface area contributed by atoms with Crippen LogP contribution in [0.5, 0.6) is 0 Å². The van der Waals surface area contributed by atoms with Gasteiger partial charge in [0.2, 0.25) is 0 Å². The summed E-state index contributed by atoms with van der Waals surface area (Å²) in [5, 5.41) is 21.9. The Labute approximate surface area is 148 Å². The van der Waals surface area contributed by atoms with Crippen LogP contribution in [0, 0.1) is 0 Å². The lowest BCUT2D eigenvalue weighted by atomic mass is 9.98. The van der Waals surface area contributed by atoms with Gasteiger partial charge in [-0.15, -0.1) is 0 Å². The molecule has 0 aliphatic carbocycles. The summed E-state index contributed by atoms with van der Waals surface area (Å²) in [6, 6.07) is 9.52. The summed E-state index contributed by atoms with van der Waals surface area (Å²) in [5.74, 6) is -1.91. The fourth-order valence-electron chi connectivity index (χ4n) is 2.93. The number of carbonyl (C=O) groups excluding carboxylic acids is 1. The van der Waals surface area contributed by atoms with Crippen molar-refractivity contribution in [2.75, 3.05) is 18.0 Å². The Balaban J connectivity index is 1.98. The lowest BCUT2D eigenvalue weighted by Gasteiger charge is -2.28. The van der Waals surface area contributed by atoms with Crippen LogP contribution < -0.4 is 10.2 Å². The Bertz CT molecular complexity index is 830. The third-order valence-electron chi connectivity index (χ3n) is 3.98. The van der Waals surface area contributed by atoms with Crippen LogP contribution in [0.15, 0.2) is 57.3 Å². The highest BCUT2D eigenvalue weighted by Gasteiger charge is 2.39. The number of hydrogen-bond donors (Lipinski definition) is 3. The van der Waals surface area contributed by atoms with Gasteiger partial charge in [-0.25, -0.2) is 4.99 Å². The molecule has 130 valence electrons. The molecule has 0 saturated heterocycles. The number of aliphatic hydroxyl groups is 1. The molecule has 8 heteroatoms. The number of rotatable bonds is 4. The van der Waals surface area contributed by atoms with Crippen LogP contribution in [0.4, 0.5) is 5.69 Å². The fraction of sp³-hybridized carbons (Fsp3) is 0.235. The Morgan fingerprint density at radius 3 is 2.68 bits per heavy atom. The second-order valence-corrected chi connectivity index (χ2v) is 6.11. The summed E-state index contributed by atoms with van der Waals surface area (Å²) < 4.78 is 0. The number of aliphatic imine (C=N–C) groups is 1. The summed E-state index contributed by atoms with van der Waals surface area (Å²) in [6.07, 6.45) is -1.31. The molecule has 2 aliphatic heterocycles. The predicted octanol–water partition coefficient (Wildman–Crippen LogP) is 1.25. The summed E-state index contributed by atoms with van der Waals surface area (Å²) in [5.41, 5.74) is 2.36. The molecule has 1 unspecified atom stereocenters. The number of hydrogen-bond acceptors (Lipinski definition) is 5. The number of aliphatic carboxylic acids is 1. The molecule has 7 nitrogen and oxygen atoms in total. The van der Waals surface area contributed by atoms with Gasteiger partial charge in [-0.05, 0) is 19.1 Å². The first-order chi connectivity index (χ1) is 11.9. The van der Waals surface area contributed by atoms with Gasteiger partial charge < -0.3 is 20.4 Å². The van der Waals surface area contributed by atoms with Crippen LogP contribution in [0.3, 0.4) is 0 Å². The van der Waals surface area contributed by atoms with E-state index >= 15 is 0 Å². The highest BCUT2D eigenvalue weighted by molar-refractivity contribution is 6.43. The zero-order chi connectivity index (χ0) is 18.1. The molecule has 25 heavy (non-hydrogen) atoms. The van der Waals surface area contributed by atoms with Crippen molar-refractivity contribution in [3.8, 4) is 0 Å². The van der Waals surface area contributed by atoms with Gasteiger partial charge in [0.05, 0.1) is 17.9 Å². The number of benzene rings is 1. The van der Waals surface area contributed by atoms with Crippen molar-refractivity contribution < 1.29 is 19.8 Å². The molecular formula is C17H16ClN3O4. The summed E-state index contributed by atoms with van der Waals surface area (Å²) >= 11 is 6.35. The van der Waals surface area contributed by atoms with E-state index in [1.54, 1.807) is 6.92 Å². The number of fused-ring (bicyclic) bond motifs is 1. The quantitative estimate of drug-likeness (QED) is 0.749. The maximum Gasteiger partial charge on any atom is 0.322 e. The van der Waals surface area contributed by atoms with Gasteiger partial charge in [-0.2, -0.15) is 0 Å². The van der Waals surface area contributed by atoms with Crippen LogP contribution in [-0.4, -0.2) is 47.0 Å². The first-order valence-electron chi connectivity index (χ1n) is 7.59. The zero-order valence-electron chi connectivity index (χ0n) is 13.4. The molecule has 2 heterocycles. The SMILES string of the molecule is CC1=C2C(=C(Cl)CN2c2ccccc2)C(O)C(C(=O)NCC(=O)O)=N1. The average molecular weight is 362 g/mol. The van der Waals surface area contributed by atoms with Crippen molar-refractivity contribution in [3.63, 3.8) is 0 Å². The van der Waals surface area contributed by atoms with Gasteiger partial charge in [0.1, 0.15) is 18.4 Å². The molecule has 2 aliphatic rings. The van der Waals surface area contributed by atoms with Crippen molar-refractivity contribution in [1.29, 1.82) is 0 Å². The Kier molecular flexibility index (Phi) is 4.61. The summed E-state index contributed by atoms with van der Waals surface area (Å²) in [6.45, 7) is 1.53. The largest absolute Gasteiger partial charge is 0.480 e. The van der Waals surface area contributed by atoms with E-state index in [4.69, 9.17) is 16.7 Å². The maximum atomic E-state index is 12.1. The topological polar surface area (TPSA) is 102 Å². The number of nitrogens with zero attached hydrogens (tertiary/aromatic N) is 2. The fourth-order valence-corrected chi connectivity index (χ4v) is 3.24. The van der Waals surface area contributed by atoms with Crippen LogP contribution in [0.2, 0.25) is 0 Å². The summed E-state index contributed by atoms with van der Waals surface area (Å²) in [7, 11) is 0. The first kappa shape index (κ1) is 17.2. The number of carbonyl (C=O) groups is 2. The molecule has 0 aromatic heterocycles. The molecule has 3 N–H and O–H groups in total. The predicted molar refractivity (Wildman–Crippen MR) is 93.5 cm³/mol. The number of allylic oxidation sites excluding steroid dienone is 1. The molecule has 1 atom stereocenters. The lowest BCUT2D eigenvalue weighted by molar-refractivity contribution is -0.137. The average Bonchev–Trinajstić information content (AvgIpc) is 2.95. The monoisotopic (exact) mass is 361 g/mol. The van der Waals surface area contributed by atoms with Gasteiger partial charge in [-0.1, -0.05) is 29.8 Å². The molecule has 1 aromatic carbocycles. The van der Waals surface area contributed by atoms with E-state index in [0.717, 1.165) is 5.69 Å². The zero-order valence-corrected chi connectivity index (χ0v) is 14.1. The van der Waals surface area contributed by atoms with Crippen LogP contribution in [0.25, 0.3) is 0 Å². The van der Waals surface area contributed by atoms with E-state index in [9.17, 15) is 14.7 Å². The van der Waals surface area contributed by atoms with Gasteiger partial charge >= 0.3 is 5.97 Å². The number of carboxylic acid groups (broad SMARTS) is 1. The van der Waals surface area contributed by atoms with E-state index in [0.29, 0.717) is 28.5 Å². The van der Waals surface area contributed by atoms with Crippen LogP contribution in [0.1, 0.15) is 6.92 Å². The molecule has 0 saturated carbocycles. The number of amides is 1. The van der Waals surface area contributed by atoms with E-state index in [1.807, 2.05) is 35.2 Å². The Morgan fingerprint density at radius 1 is 1.36 bits per heavy atom. The number of halogens is 1. The van der Waals surface area contributed by atoms with E-state index in [1.165, 1.54) is 0 Å². The molecule has 0 bridgehead atoms.